The predicted molar refractivity (Wildman–Crippen MR) is 97.9 cm³/mol. The van der Waals surface area contributed by atoms with Crippen LogP contribution in [0.5, 0.6) is 0 Å². The number of benzene rings is 2. The Bertz CT molecular complexity index is 915. The number of aromatic nitrogens is 1. The lowest BCUT2D eigenvalue weighted by Crippen LogP contribution is -2.13. The van der Waals surface area contributed by atoms with Gasteiger partial charge in [0.25, 0.3) is 5.91 Å². The van der Waals surface area contributed by atoms with Crippen LogP contribution in [-0.4, -0.2) is 23.7 Å². The summed E-state index contributed by atoms with van der Waals surface area (Å²) < 4.78 is 5.18. The molecule has 7 heteroatoms. The summed E-state index contributed by atoms with van der Waals surface area (Å²) in [5.74, 6) is -0.0631. The van der Waals surface area contributed by atoms with Crippen molar-refractivity contribution in [1.82, 2.24) is 10.3 Å². The van der Waals surface area contributed by atoms with Gasteiger partial charge >= 0.3 is 0 Å². The number of ketones is 1. The number of oxazole rings is 1. The first-order chi connectivity index (χ1) is 12.6. The molecule has 0 aliphatic heterocycles. The number of nitrogens with one attached hydrogen (secondary N) is 2. The summed E-state index contributed by atoms with van der Waals surface area (Å²) in [5.41, 5.74) is 8.05. The summed E-state index contributed by atoms with van der Waals surface area (Å²) in [5, 5.41) is 5.61. The monoisotopic (exact) mass is 350 g/mol. The van der Waals surface area contributed by atoms with Gasteiger partial charge in [-0.05, 0) is 55.6 Å². The van der Waals surface area contributed by atoms with E-state index in [0.29, 0.717) is 34.9 Å². The molecular formula is C19H18N4O3. The fraction of sp³-hybridized carbons (Fsp3) is 0.105. The van der Waals surface area contributed by atoms with Gasteiger partial charge in [-0.25, -0.2) is 4.98 Å². The second kappa shape index (κ2) is 7.62. The highest BCUT2D eigenvalue weighted by Crippen LogP contribution is 2.16. The Balaban J connectivity index is 1.67. The van der Waals surface area contributed by atoms with Crippen LogP contribution in [0.2, 0.25) is 0 Å². The van der Waals surface area contributed by atoms with Crippen LogP contribution in [0, 0.1) is 0 Å². The van der Waals surface area contributed by atoms with E-state index in [1.807, 2.05) is 0 Å². The molecule has 0 aliphatic carbocycles. The number of amides is 1. The molecule has 0 aliphatic rings. The zero-order valence-corrected chi connectivity index (χ0v) is 14.2. The van der Waals surface area contributed by atoms with Crippen LogP contribution in [0.1, 0.15) is 32.3 Å². The van der Waals surface area contributed by atoms with Crippen molar-refractivity contribution in [2.24, 2.45) is 0 Å². The maximum Gasteiger partial charge on any atom is 0.277 e. The van der Waals surface area contributed by atoms with Crippen molar-refractivity contribution in [3.63, 3.8) is 0 Å². The van der Waals surface area contributed by atoms with Crippen molar-refractivity contribution in [3.05, 3.63) is 77.5 Å². The van der Waals surface area contributed by atoms with Crippen LogP contribution in [0.15, 0.2) is 59.2 Å². The van der Waals surface area contributed by atoms with Crippen molar-refractivity contribution in [3.8, 4) is 0 Å². The maximum absolute atomic E-state index is 12.4. The summed E-state index contributed by atoms with van der Waals surface area (Å²) in [7, 11) is 1.76. The summed E-state index contributed by atoms with van der Waals surface area (Å²) in [6.45, 7) is 0.440. The molecule has 2 aromatic carbocycles. The minimum absolute atomic E-state index is 0.115. The van der Waals surface area contributed by atoms with E-state index in [-0.39, 0.29) is 17.4 Å². The van der Waals surface area contributed by atoms with Gasteiger partial charge in [-0.3, -0.25) is 9.59 Å². The van der Waals surface area contributed by atoms with Crippen LogP contribution in [-0.2, 0) is 6.54 Å². The molecule has 0 saturated heterocycles. The highest BCUT2D eigenvalue weighted by atomic mass is 16.3. The fourth-order valence-electron chi connectivity index (χ4n) is 2.35. The molecule has 0 fully saturated rings. The van der Waals surface area contributed by atoms with E-state index < -0.39 is 0 Å². The van der Waals surface area contributed by atoms with E-state index in [4.69, 9.17) is 10.2 Å². The number of nitrogens with two attached hydrogens (primary N) is 1. The van der Waals surface area contributed by atoms with Crippen LogP contribution in [0.3, 0.4) is 0 Å². The lowest BCUT2D eigenvalue weighted by Gasteiger charge is -2.05. The van der Waals surface area contributed by atoms with E-state index in [0.717, 1.165) is 0 Å². The van der Waals surface area contributed by atoms with Gasteiger partial charge in [0.05, 0.1) is 6.54 Å². The second-order valence-electron chi connectivity index (χ2n) is 5.64. The van der Waals surface area contributed by atoms with E-state index in [1.165, 1.54) is 6.26 Å². The van der Waals surface area contributed by atoms with Crippen molar-refractivity contribution >= 4 is 23.1 Å². The first-order valence-corrected chi connectivity index (χ1v) is 7.97. The molecule has 7 nitrogen and oxygen atoms in total. The topological polar surface area (TPSA) is 110 Å². The minimum Gasteiger partial charge on any atom is -0.447 e. The molecule has 0 atom stereocenters. The minimum atomic E-state index is -0.381. The summed E-state index contributed by atoms with van der Waals surface area (Å²) in [4.78, 5) is 28.7. The third kappa shape index (κ3) is 3.96. The van der Waals surface area contributed by atoms with E-state index in [2.05, 4.69) is 15.6 Å². The van der Waals surface area contributed by atoms with Gasteiger partial charge in [-0.1, -0.05) is 0 Å². The highest BCUT2D eigenvalue weighted by Gasteiger charge is 2.13. The molecule has 132 valence electrons. The molecule has 1 heterocycles. The van der Waals surface area contributed by atoms with Crippen LogP contribution < -0.4 is 16.4 Å². The van der Waals surface area contributed by atoms with Crippen molar-refractivity contribution in [1.29, 1.82) is 0 Å². The average Bonchev–Trinajstić information content (AvgIpc) is 3.12. The third-order valence-corrected chi connectivity index (χ3v) is 3.69. The van der Waals surface area contributed by atoms with E-state index >= 15 is 0 Å². The molecule has 1 aromatic heterocycles. The zero-order chi connectivity index (χ0) is 18.5. The number of anilines is 2. The number of hydrogen-bond acceptors (Lipinski definition) is 6. The summed E-state index contributed by atoms with van der Waals surface area (Å²) in [6.07, 6.45) is 1.31. The van der Waals surface area contributed by atoms with Gasteiger partial charge in [-0.2, -0.15) is 0 Å². The zero-order valence-electron chi connectivity index (χ0n) is 14.2. The molecular weight excluding hydrogens is 332 g/mol. The third-order valence-electron chi connectivity index (χ3n) is 3.69. The number of carbonyl (C=O) groups is 2. The SMILES string of the molecule is CNCc1nc(C(=O)Nc2ccc(C(=O)c3ccc(N)cc3)cc2)co1. The number of hydrogen-bond donors (Lipinski definition) is 3. The molecule has 0 bridgehead atoms. The van der Waals surface area contributed by atoms with Crippen molar-refractivity contribution < 1.29 is 14.0 Å². The van der Waals surface area contributed by atoms with Gasteiger partial charge < -0.3 is 20.8 Å². The molecule has 3 aromatic rings. The average molecular weight is 350 g/mol. The number of nitrogen functional groups attached to an aromatic ring is 1. The predicted octanol–water partition coefficient (Wildman–Crippen LogP) is 2.46. The summed E-state index contributed by atoms with van der Waals surface area (Å²) >= 11 is 0. The first kappa shape index (κ1) is 17.4. The quantitative estimate of drug-likeness (QED) is 0.465. The molecule has 3 rings (SSSR count). The Kier molecular flexibility index (Phi) is 5.09. The first-order valence-electron chi connectivity index (χ1n) is 7.97. The van der Waals surface area contributed by atoms with Crippen molar-refractivity contribution in [2.45, 2.75) is 6.54 Å². The van der Waals surface area contributed by atoms with Crippen LogP contribution in [0.25, 0.3) is 0 Å². The largest absolute Gasteiger partial charge is 0.447 e. The molecule has 26 heavy (non-hydrogen) atoms. The van der Waals surface area contributed by atoms with E-state index in [9.17, 15) is 9.59 Å². The normalized spacial score (nSPS) is 10.5. The van der Waals surface area contributed by atoms with Gasteiger partial charge in [-0.15, -0.1) is 0 Å². The van der Waals surface area contributed by atoms with Crippen LogP contribution >= 0.6 is 0 Å². The second-order valence-corrected chi connectivity index (χ2v) is 5.64. The lowest BCUT2D eigenvalue weighted by atomic mass is 10.0. The number of rotatable bonds is 6. The van der Waals surface area contributed by atoms with E-state index in [1.54, 1.807) is 55.6 Å². The highest BCUT2D eigenvalue weighted by molar-refractivity contribution is 6.09. The Morgan fingerprint density at radius 1 is 1.04 bits per heavy atom. The number of carbonyl (C=O) groups excluding carboxylic acids is 2. The molecule has 0 unspecified atom stereocenters. The van der Waals surface area contributed by atoms with Gasteiger partial charge in [0.2, 0.25) is 5.89 Å². The Morgan fingerprint density at radius 2 is 1.65 bits per heavy atom. The smallest absolute Gasteiger partial charge is 0.277 e. The lowest BCUT2D eigenvalue weighted by molar-refractivity contribution is 0.102. The standard InChI is InChI=1S/C19H18N4O3/c1-21-10-17-23-16(11-26-17)19(25)22-15-8-4-13(5-9-15)18(24)12-2-6-14(20)7-3-12/h2-9,11,21H,10,20H2,1H3,(H,22,25). The Hall–Kier alpha value is -3.45. The molecule has 0 saturated carbocycles. The molecule has 0 radical (unpaired) electrons. The Morgan fingerprint density at radius 3 is 2.27 bits per heavy atom. The van der Waals surface area contributed by atoms with Crippen LogP contribution in [0.4, 0.5) is 11.4 Å². The maximum atomic E-state index is 12.4. The van der Waals surface area contributed by atoms with Gasteiger partial charge in [0.1, 0.15) is 6.26 Å². The van der Waals surface area contributed by atoms with Gasteiger partial charge in [0.15, 0.2) is 11.5 Å². The summed E-state index contributed by atoms with van der Waals surface area (Å²) in [6, 6.07) is 13.4. The molecule has 4 N–H and O–H groups in total. The molecule has 1 amide bonds. The van der Waals surface area contributed by atoms with Crippen molar-refractivity contribution in [2.75, 3.05) is 18.1 Å². The Labute approximate surface area is 150 Å². The molecule has 0 spiro atoms. The fourth-order valence-corrected chi connectivity index (χ4v) is 2.35. The number of nitrogens with zero attached hydrogens (tertiary/aromatic N) is 1. The van der Waals surface area contributed by atoms with Gasteiger partial charge in [0, 0.05) is 22.5 Å².